The minimum absolute atomic E-state index is 0.0793. The van der Waals surface area contributed by atoms with Crippen LogP contribution in [-0.4, -0.2) is 16.6 Å². The molecule has 1 rings (SSSR count). The molecule has 1 aromatic rings. The van der Waals surface area contributed by atoms with Crippen LogP contribution in [-0.2, 0) is 6.18 Å². The van der Waals surface area contributed by atoms with Gasteiger partial charge in [0.15, 0.2) is 0 Å². The Morgan fingerprint density at radius 1 is 1.29 bits per heavy atom. The zero-order valence-corrected chi connectivity index (χ0v) is 9.40. The molecule has 0 fully saturated rings. The normalized spacial score (nSPS) is 12.4. The number of benzene rings is 1. The smallest absolute Gasteiger partial charge is 0.419 e. The van der Waals surface area contributed by atoms with E-state index in [-0.39, 0.29) is 5.75 Å². The summed E-state index contributed by atoms with van der Waals surface area (Å²) in [5, 5.41) is 0.967. The number of hydrogen-bond acceptors (Lipinski definition) is 1. The van der Waals surface area contributed by atoms with E-state index in [9.17, 15) is 13.2 Å². The van der Waals surface area contributed by atoms with Crippen molar-refractivity contribution in [3.8, 4) is 5.75 Å². The molecule has 0 saturated heterocycles. The summed E-state index contributed by atoms with van der Waals surface area (Å²) in [5.41, 5.74) is -0.703. The zero-order chi connectivity index (χ0) is 10.8. The first-order valence-corrected chi connectivity index (χ1v) is 6.35. The van der Waals surface area contributed by atoms with E-state index in [1.807, 2.05) is 6.55 Å². The fraction of sp³-hybridized carbons (Fsp3) is 0.333. The lowest BCUT2D eigenvalue weighted by atomic mass is 10.2. The van der Waals surface area contributed by atoms with Gasteiger partial charge in [-0.15, -0.1) is 0 Å². The Morgan fingerprint density at radius 2 is 1.93 bits per heavy atom. The van der Waals surface area contributed by atoms with E-state index in [0.717, 1.165) is 11.3 Å². The third-order valence-corrected chi connectivity index (χ3v) is 3.24. The molecule has 1 aromatic carbocycles. The van der Waals surface area contributed by atoms with Crippen LogP contribution in [0.5, 0.6) is 5.75 Å². The van der Waals surface area contributed by atoms with E-state index in [2.05, 4.69) is 0 Å². The van der Waals surface area contributed by atoms with Crippen molar-refractivity contribution in [3.63, 3.8) is 0 Å². The maximum atomic E-state index is 12.4. The van der Waals surface area contributed by atoms with Gasteiger partial charge in [-0.2, -0.15) is 13.2 Å². The zero-order valence-electron chi connectivity index (χ0n) is 7.98. The van der Waals surface area contributed by atoms with E-state index >= 15 is 0 Å². The maximum Gasteiger partial charge on any atom is 0.419 e. The van der Waals surface area contributed by atoms with Gasteiger partial charge in [-0.3, -0.25) is 0 Å². The first-order chi connectivity index (χ1) is 6.49. The van der Waals surface area contributed by atoms with Crippen LogP contribution >= 0.6 is 0 Å². The maximum absolute atomic E-state index is 12.4. The average molecular weight is 220 g/mol. The van der Waals surface area contributed by atoms with Crippen LogP contribution in [0, 0.1) is 0 Å². The summed E-state index contributed by atoms with van der Waals surface area (Å²) in [7, 11) is 0.809. The van der Waals surface area contributed by atoms with Crippen LogP contribution in [0.1, 0.15) is 5.56 Å². The summed E-state index contributed by atoms with van der Waals surface area (Å²) in [6.45, 7) is 2.02. The molecule has 0 heterocycles. The van der Waals surface area contributed by atoms with Crippen molar-refractivity contribution >= 4 is 14.7 Å². The predicted molar refractivity (Wildman–Crippen MR) is 52.0 cm³/mol. The average Bonchev–Trinajstić information content (AvgIpc) is 2.15. The Bertz CT molecular complexity index is 322. The van der Waals surface area contributed by atoms with Crippen LogP contribution in [0.2, 0.25) is 6.55 Å². The second-order valence-electron chi connectivity index (χ2n) is 2.89. The molecular formula is C9H11F3OSi. The fourth-order valence-electron chi connectivity index (χ4n) is 1.19. The van der Waals surface area contributed by atoms with E-state index in [1.54, 1.807) is 0 Å². The Morgan fingerprint density at radius 3 is 2.36 bits per heavy atom. The Balaban J connectivity index is 3.18. The van der Waals surface area contributed by atoms with Crippen molar-refractivity contribution in [2.24, 2.45) is 0 Å². The highest BCUT2D eigenvalue weighted by Gasteiger charge is 2.34. The number of methoxy groups -OCH3 is 1. The number of ether oxygens (including phenoxy) is 1. The van der Waals surface area contributed by atoms with Crippen molar-refractivity contribution in [2.75, 3.05) is 7.11 Å². The van der Waals surface area contributed by atoms with Gasteiger partial charge in [0.1, 0.15) is 5.75 Å². The predicted octanol–water partition coefficient (Wildman–Crippen LogP) is 1.56. The monoisotopic (exact) mass is 220 g/mol. The summed E-state index contributed by atoms with van der Waals surface area (Å²) in [4.78, 5) is 0. The number of halogens is 3. The van der Waals surface area contributed by atoms with Gasteiger partial charge in [0.05, 0.1) is 22.2 Å². The molecule has 0 N–H and O–H groups in total. The lowest BCUT2D eigenvalue weighted by molar-refractivity contribution is -0.138. The molecule has 0 aromatic heterocycles. The molecule has 0 aliphatic heterocycles. The van der Waals surface area contributed by atoms with Crippen molar-refractivity contribution < 1.29 is 17.9 Å². The van der Waals surface area contributed by atoms with E-state index in [1.165, 1.54) is 19.2 Å². The summed E-state index contributed by atoms with van der Waals surface area (Å²) in [6, 6.07) is 4.09. The molecule has 78 valence electrons. The molecule has 1 nitrogen and oxygen atoms in total. The van der Waals surface area contributed by atoms with E-state index < -0.39 is 21.3 Å². The quantitative estimate of drug-likeness (QED) is 0.687. The van der Waals surface area contributed by atoms with E-state index in [4.69, 9.17) is 4.74 Å². The second kappa shape index (κ2) is 4.04. The lowest BCUT2D eigenvalue weighted by Gasteiger charge is -2.12. The van der Waals surface area contributed by atoms with Crippen LogP contribution in [0.25, 0.3) is 0 Å². The topological polar surface area (TPSA) is 9.23 Å². The minimum atomic E-state index is -4.33. The van der Waals surface area contributed by atoms with Crippen LogP contribution in [0.3, 0.4) is 0 Å². The Kier molecular flexibility index (Phi) is 3.20. The van der Waals surface area contributed by atoms with Gasteiger partial charge in [0.2, 0.25) is 0 Å². The summed E-state index contributed by atoms with van der Waals surface area (Å²) in [5.74, 6) is -0.0793. The first-order valence-electron chi connectivity index (χ1n) is 4.23. The highest BCUT2D eigenvalue weighted by molar-refractivity contribution is 6.51. The lowest BCUT2D eigenvalue weighted by Crippen LogP contribution is -2.14. The molecule has 0 aliphatic rings. The third kappa shape index (κ3) is 2.28. The van der Waals surface area contributed by atoms with Crippen molar-refractivity contribution in [1.29, 1.82) is 0 Å². The van der Waals surface area contributed by atoms with Crippen LogP contribution in [0.4, 0.5) is 13.2 Å². The van der Waals surface area contributed by atoms with Crippen LogP contribution < -0.4 is 9.92 Å². The molecule has 0 amide bonds. The van der Waals surface area contributed by atoms with E-state index in [0.29, 0.717) is 0 Å². The van der Waals surface area contributed by atoms with Gasteiger partial charge < -0.3 is 4.74 Å². The van der Waals surface area contributed by atoms with Crippen LogP contribution in [0.15, 0.2) is 18.2 Å². The molecular weight excluding hydrogens is 209 g/mol. The van der Waals surface area contributed by atoms with Gasteiger partial charge >= 0.3 is 6.18 Å². The van der Waals surface area contributed by atoms with Gasteiger partial charge in [-0.1, -0.05) is 17.8 Å². The summed E-state index contributed by atoms with van der Waals surface area (Å²) >= 11 is 0. The Hall–Kier alpha value is -0.973. The number of rotatable bonds is 2. The number of alkyl halides is 3. The molecule has 0 bridgehead atoms. The van der Waals surface area contributed by atoms with Gasteiger partial charge in [0.25, 0.3) is 0 Å². The first kappa shape index (κ1) is 11.1. The summed E-state index contributed by atoms with van der Waals surface area (Å²) in [6.07, 6.45) is -4.33. The third-order valence-electron chi connectivity index (χ3n) is 1.98. The van der Waals surface area contributed by atoms with Gasteiger partial charge in [-0.25, -0.2) is 0 Å². The molecule has 0 radical (unpaired) electrons. The van der Waals surface area contributed by atoms with Gasteiger partial charge in [-0.05, 0) is 12.1 Å². The van der Waals surface area contributed by atoms with Crippen molar-refractivity contribution in [1.82, 2.24) is 0 Å². The standard InChI is InChI=1S/C9H11F3OSi/c1-13-8-5-6(14-2)3-4-7(8)9(10,11)12/h3-5H,14H2,1-2H3. The molecule has 0 aliphatic carbocycles. The molecule has 0 spiro atoms. The number of hydrogen-bond donors (Lipinski definition) is 0. The molecule has 5 heteroatoms. The minimum Gasteiger partial charge on any atom is -0.496 e. The molecule has 14 heavy (non-hydrogen) atoms. The molecule has 0 saturated carbocycles. The van der Waals surface area contributed by atoms with Crippen molar-refractivity contribution in [3.05, 3.63) is 23.8 Å². The second-order valence-corrected chi connectivity index (χ2v) is 4.41. The van der Waals surface area contributed by atoms with Gasteiger partial charge in [0, 0.05) is 0 Å². The largest absolute Gasteiger partial charge is 0.496 e. The molecule has 0 unspecified atom stereocenters. The fourth-order valence-corrected chi connectivity index (χ4v) is 1.93. The summed E-state index contributed by atoms with van der Waals surface area (Å²) < 4.78 is 41.9. The van der Waals surface area contributed by atoms with Crippen molar-refractivity contribution in [2.45, 2.75) is 12.7 Å². The Labute approximate surface area is 82.7 Å². The molecule has 0 atom stereocenters. The highest BCUT2D eigenvalue weighted by Crippen LogP contribution is 2.35. The highest BCUT2D eigenvalue weighted by atomic mass is 28.2. The SMILES string of the molecule is COc1cc([SiH2]C)ccc1C(F)(F)F.